The van der Waals surface area contributed by atoms with Gasteiger partial charge in [-0.25, -0.2) is 0 Å². The van der Waals surface area contributed by atoms with E-state index in [1.54, 1.807) is 0 Å². The molecule has 5 rings (SSSR count). The smallest absolute Gasteiger partial charge is 0.220 e. The fraction of sp³-hybridized carbons (Fsp3) is 0.300. The summed E-state index contributed by atoms with van der Waals surface area (Å²) in [6.07, 6.45) is 2.31. The molecule has 4 aromatic rings. The number of morpholine rings is 1. The molecule has 0 spiro atoms. The third-order valence-corrected chi connectivity index (χ3v) is 7.04. The van der Waals surface area contributed by atoms with E-state index in [0.29, 0.717) is 24.6 Å². The van der Waals surface area contributed by atoms with Crippen molar-refractivity contribution in [3.05, 3.63) is 101 Å². The van der Waals surface area contributed by atoms with E-state index in [1.165, 1.54) is 0 Å². The highest BCUT2D eigenvalue weighted by Gasteiger charge is 2.22. The molecule has 37 heavy (non-hydrogen) atoms. The number of hydrogen-bond acceptors (Lipinski definition) is 4. The minimum atomic E-state index is -0.157. The molecule has 1 aliphatic rings. The number of nitrogens with zero attached hydrogens (tertiary/aromatic N) is 1. The van der Waals surface area contributed by atoms with Gasteiger partial charge in [0.2, 0.25) is 5.91 Å². The maximum atomic E-state index is 13.1. The Bertz CT molecular complexity index is 1320. The van der Waals surface area contributed by atoms with E-state index < -0.39 is 0 Å². The summed E-state index contributed by atoms with van der Waals surface area (Å²) < 4.78 is 11.5. The number of carbonyl (C=O) groups excluding carboxylic acids is 1. The van der Waals surface area contributed by atoms with Crippen molar-refractivity contribution in [3.63, 3.8) is 0 Å². The first kappa shape index (κ1) is 25.3. The normalized spacial score (nSPS) is 14.9. The van der Waals surface area contributed by atoms with E-state index in [0.717, 1.165) is 66.2 Å². The first-order chi connectivity index (χ1) is 18.2. The molecule has 0 aliphatic carbocycles. The Kier molecular flexibility index (Phi) is 8.41. The van der Waals surface area contributed by atoms with Crippen molar-refractivity contribution in [1.29, 1.82) is 0 Å². The average Bonchev–Trinajstić information content (AvgIpc) is 3.34. The second-order valence-corrected chi connectivity index (χ2v) is 9.78. The summed E-state index contributed by atoms with van der Waals surface area (Å²) in [7, 11) is 0. The van der Waals surface area contributed by atoms with Crippen LogP contribution in [0.5, 0.6) is 5.75 Å². The molecule has 0 unspecified atom stereocenters. The fourth-order valence-electron chi connectivity index (χ4n) is 4.81. The lowest BCUT2D eigenvalue weighted by Gasteiger charge is -2.26. The number of ether oxygens (including phenoxy) is 2. The molecular weight excluding hydrogens is 486 g/mol. The molecule has 2 heterocycles. The Morgan fingerprint density at radius 2 is 1.89 bits per heavy atom. The van der Waals surface area contributed by atoms with Crippen LogP contribution in [-0.2, 0) is 16.1 Å². The quantitative estimate of drug-likeness (QED) is 0.297. The number of aromatic amines is 1. The van der Waals surface area contributed by atoms with Gasteiger partial charge in [0.05, 0.1) is 13.2 Å². The Morgan fingerprint density at radius 1 is 1.05 bits per heavy atom. The lowest BCUT2D eigenvalue weighted by molar-refractivity contribution is -0.121. The number of halogens is 1. The molecule has 1 saturated heterocycles. The van der Waals surface area contributed by atoms with E-state index in [1.807, 2.05) is 72.9 Å². The highest BCUT2D eigenvalue weighted by Crippen LogP contribution is 2.36. The molecule has 192 valence electrons. The van der Waals surface area contributed by atoms with Crippen LogP contribution in [0.4, 0.5) is 0 Å². The van der Waals surface area contributed by atoms with Crippen LogP contribution >= 0.6 is 11.6 Å². The number of rotatable bonds is 10. The monoisotopic (exact) mass is 517 g/mol. The van der Waals surface area contributed by atoms with Gasteiger partial charge in [-0.1, -0.05) is 54.1 Å². The second kappa shape index (κ2) is 12.3. The van der Waals surface area contributed by atoms with Gasteiger partial charge in [-0.3, -0.25) is 9.69 Å². The molecule has 0 radical (unpaired) electrons. The zero-order valence-corrected chi connectivity index (χ0v) is 21.5. The molecule has 3 aromatic carbocycles. The largest absolute Gasteiger partial charge is 0.489 e. The molecule has 0 bridgehead atoms. The van der Waals surface area contributed by atoms with Gasteiger partial charge in [-0.15, -0.1) is 0 Å². The van der Waals surface area contributed by atoms with Crippen molar-refractivity contribution >= 4 is 28.4 Å². The first-order valence-corrected chi connectivity index (χ1v) is 13.1. The SMILES string of the molecule is O=C(C[C@@H](c1cccc(OCc2ccccc2)c1)c1c[nH]c2ccc(Cl)cc12)NCCN1CCOCC1. The number of benzene rings is 3. The van der Waals surface area contributed by atoms with Crippen molar-refractivity contribution < 1.29 is 14.3 Å². The van der Waals surface area contributed by atoms with Gasteiger partial charge in [0, 0.05) is 60.6 Å². The Labute approximate surface area is 222 Å². The van der Waals surface area contributed by atoms with E-state index >= 15 is 0 Å². The van der Waals surface area contributed by atoms with Crippen molar-refractivity contribution in [1.82, 2.24) is 15.2 Å². The number of H-pyrrole nitrogens is 1. The van der Waals surface area contributed by atoms with Gasteiger partial charge in [-0.2, -0.15) is 0 Å². The Balaban J connectivity index is 1.34. The lowest BCUT2D eigenvalue weighted by Crippen LogP contribution is -2.41. The van der Waals surface area contributed by atoms with Gasteiger partial charge in [0.25, 0.3) is 0 Å². The van der Waals surface area contributed by atoms with Crippen LogP contribution in [0.15, 0.2) is 79.0 Å². The molecule has 1 amide bonds. The molecule has 1 atom stereocenters. The lowest BCUT2D eigenvalue weighted by atomic mass is 9.88. The number of hydrogen-bond donors (Lipinski definition) is 2. The van der Waals surface area contributed by atoms with Crippen molar-refractivity contribution in [2.45, 2.75) is 18.9 Å². The number of fused-ring (bicyclic) bond motifs is 1. The molecule has 1 aliphatic heterocycles. The zero-order valence-electron chi connectivity index (χ0n) is 20.8. The van der Waals surface area contributed by atoms with Gasteiger partial charge in [0.1, 0.15) is 12.4 Å². The maximum absolute atomic E-state index is 13.1. The number of amides is 1. The molecule has 7 heteroatoms. The average molecular weight is 518 g/mol. The topological polar surface area (TPSA) is 66.6 Å². The van der Waals surface area contributed by atoms with Crippen molar-refractivity contribution in [2.24, 2.45) is 0 Å². The molecule has 6 nitrogen and oxygen atoms in total. The molecule has 2 N–H and O–H groups in total. The molecule has 1 fully saturated rings. The van der Waals surface area contributed by atoms with Gasteiger partial charge in [-0.05, 0) is 47.0 Å². The minimum absolute atomic E-state index is 0.0187. The summed E-state index contributed by atoms with van der Waals surface area (Å²) in [5.41, 5.74) is 4.17. The van der Waals surface area contributed by atoms with Gasteiger partial charge in [0.15, 0.2) is 0 Å². The number of nitrogens with one attached hydrogen (secondary N) is 2. The third-order valence-electron chi connectivity index (χ3n) is 6.80. The van der Waals surface area contributed by atoms with Crippen molar-refractivity contribution in [2.75, 3.05) is 39.4 Å². The number of carbonyl (C=O) groups is 1. The summed E-state index contributed by atoms with van der Waals surface area (Å²) in [6.45, 7) is 5.24. The van der Waals surface area contributed by atoms with Gasteiger partial charge >= 0.3 is 0 Å². The standard InChI is InChI=1S/C30H32ClN3O3/c31-24-9-10-29-27(18-24)28(20-33-29)26(19-30(35)32-11-12-34-13-15-36-16-14-34)23-7-4-8-25(17-23)37-21-22-5-2-1-3-6-22/h1-10,17-18,20,26,33H,11-16,19,21H2,(H,32,35)/t26-/m0/s1. The Hall–Kier alpha value is -3.32. The fourth-order valence-corrected chi connectivity index (χ4v) is 4.98. The molecule has 1 aromatic heterocycles. The highest BCUT2D eigenvalue weighted by atomic mass is 35.5. The predicted octanol–water partition coefficient (Wildman–Crippen LogP) is 5.37. The van der Waals surface area contributed by atoms with E-state index in [9.17, 15) is 4.79 Å². The van der Waals surface area contributed by atoms with Crippen molar-refractivity contribution in [3.8, 4) is 5.75 Å². The minimum Gasteiger partial charge on any atom is -0.489 e. The number of aromatic nitrogens is 1. The summed E-state index contributed by atoms with van der Waals surface area (Å²) in [5.74, 6) is 0.637. The Morgan fingerprint density at radius 3 is 2.73 bits per heavy atom. The predicted molar refractivity (Wildman–Crippen MR) is 147 cm³/mol. The van der Waals surface area contributed by atoms with E-state index in [4.69, 9.17) is 21.1 Å². The highest BCUT2D eigenvalue weighted by molar-refractivity contribution is 6.31. The van der Waals surface area contributed by atoms with Crippen LogP contribution in [0.3, 0.4) is 0 Å². The van der Waals surface area contributed by atoms with Crippen LogP contribution in [0, 0.1) is 0 Å². The zero-order chi connectivity index (χ0) is 25.5. The van der Waals surface area contributed by atoms with Crippen LogP contribution < -0.4 is 10.1 Å². The van der Waals surface area contributed by atoms with Crippen LogP contribution in [0.25, 0.3) is 10.9 Å². The summed E-state index contributed by atoms with van der Waals surface area (Å²) in [5, 5.41) is 4.81. The summed E-state index contributed by atoms with van der Waals surface area (Å²) >= 11 is 6.34. The molecule has 0 saturated carbocycles. The third kappa shape index (κ3) is 6.72. The van der Waals surface area contributed by atoms with Crippen LogP contribution in [0.2, 0.25) is 5.02 Å². The van der Waals surface area contributed by atoms with Crippen LogP contribution in [0.1, 0.15) is 29.0 Å². The van der Waals surface area contributed by atoms with Crippen LogP contribution in [-0.4, -0.2) is 55.2 Å². The van der Waals surface area contributed by atoms with Gasteiger partial charge < -0.3 is 19.8 Å². The van der Waals surface area contributed by atoms with E-state index in [-0.39, 0.29) is 11.8 Å². The van der Waals surface area contributed by atoms with E-state index in [2.05, 4.69) is 21.3 Å². The second-order valence-electron chi connectivity index (χ2n) is 9.34. The first-order valence-electron chi connectivity index (χ1n) is 12.8. The molecular formula is C30H32ClN3O3. The summed E-state index contributed by atoms with van der Waals surface area (Å²) in [4.78, 5) is 18.8. The maximum Gasteiger partial charge on any atom is 0.220 e. The summed E-state index contributed by atoms with van der Waals surface area (Å²) in [6, 6.07) is 23.9.